The van der Waals surface area contributed by atoms with Crippen molar-refractivity contribution in [2.24, 2.45) is 0 Å². The average molecular weight is 151 g/mol. The normalized spacial score (nSPS) is 8.80. The molecule has 0 aromatic carbocycles. The average Bonchev–Trinajstić information content (AvgIpc) is 2.03. The summed E-state index contributed by atoms with van der Waals surface area (Å²) in [6.45, 7) is 0.728. The zero-order valence-corrected chi connectivity index (χ0v) is 6.19. The van der Waals surface area contributed by atoms with Crippen LogP contribution in [0.4, 0.5) is 0 Å². The van der Waals surface area contributed by atoms with E-state index in [-0.39, 0.29) is 0 Å². The molecule has 1 radical (unpaired) electrons. The predicted octanol–water partition coefficient (Wildman–Crippen LogP) is 1.01. The number of pyridine rings is 1. The number of thiocarbonyl (C=S) groups is 1. The number of nitrogens with zero attached hydrogens (tertiary/aromatic N) is 1. The first-order chi connectivity index (χ1) is 4.93. The second kappa shape index (κ2) is 3.95. The van der Waals surface area contributed by atoms with E-state index in [1.807, 2.05) is 12.1 Å². The Bertz CT molecular complexity index is 198. The summed E-state index contributed by atoms with van der Waals surface area (Å²) in [6.07, 6.45) is 3.50. The second-order valence-corrected chi connectivity index (χ2v) is 2.02. The molecule has 1 heterocycles. The lowest BCUT2D eigenvalue weighted by Crippen LogP contribution is -2.07. The summed E-state index contributed by atoms with van der Waals surface area (Å²) in [7, 11) is 0. The van der Waals surface area contributed by atoms with E-state index >= 15 is 0 Å². The van der Waals surface area contributed by atoms with Gasteiger partial charge < -0.3 is 5.32 Å². The van der Waals surface area contributed by atoms with Crippen molar-refractivity contribution in [1.29, 1.82) is 0 Å². The molecule has 0 amide bonds. The van der Waals surface area contributed by atoms with Crippen LogP contribution in [0, 0.1) is 0 Å². The second-order valence-electron chi connectivity index (χ2n) is 1.81. The Morgan fingerprint density at radius 1 is 1.50 bits per heavy atom. The summed E-state index contributed by atoms with van der Waals surface area (Å²) < 4.78 is 0. The van der Waals surface area contributed by atoms with Crippen molar-refractivity contribution in [3.05, 3.63) is 30.1 Å². The van der Waals surface area contributed by atoms with Crippen molar-refractivity contribution in [2.75, 3.05) is 0 Å². The fourth-order valence-electron chi connectivity index (χ4n) is 0.639. The summed E-state index contributed by atoms with van der Waals surface area (Å²) in [5.41, 5.74) is 3.59. The van der Waals surface area contributed by atoms with Crippen LogP contribution in [0.5, 0.6) is 0 Å². The van der Waals surface area contributed by atoms with Crippen molar-refractivity contribution in [1.82, 2.24) is 10.3 Å². The van der Waals surface area contributed by atoms with Gasteiger partial charge in [-0.15, -0.1) is 0 Å². The van der Waals surface area contributed by atoms with Crippen molar-refractivity contribution >= 4 is 17.7 Å². The lowest BCUT2D eigenvalue weighted by Gasteiger charge is -1.96. The number of hydrogen-bond acceptors (Lipinski definition) is 2. The topological polar surface area (TPSA) is 24.9 Å². The quantitative estimate of drug-likeness (QED) is 0.515. The van der Waals surface area contributed by atoms with E-state index in [4.69, 9.17) is 0 Å². The third-order valence-corrected chi connectivity index (χ3v) is 1.26. The molecular weight excluding hydrogens is 144 g/mol. The van der Waals surface area contributed by atoms with Crippen LogP contribution in [-0.2, 0) is 6.54 Å². The van der Waals surface area contributed by atoms with Crippen LogP contribution >= 0.6 is 12.2 Å². The molecule has 51 valence electrons. The van der Waals surface area contributed by atoms with E-state index in [1.54, 1.807) is 12.4 Å². The van der Waals surface area contributed by atoms with Gasteiger partial charge in [0.25, 0.3) is 0 Å². The summed E-state index contributed by atoms with van der Waals surface area (Å²) in [5, 5.41) is 2.80. The molecule has 0 spiro atoms. The lowest BCUT2D eigenvalue weighted by molar-refractivity contribution is 0.939. The Kier molecular flexibility index (Phi) is 2.83. The summed E-state index contributed by atoms with van der Waals surface area (Å²) in [4.78, 5) is 3.88. The Morgan fingerprint density at radius 3 is 2.80 bits per heavy atom. The molecule has 0 atom stereocenters. The van der Waals surface area contributed by atoms with E-state index in [0.29, 0.717) is 0 Å². The zero-order chi connectivity index (χ0) is 7.23. The minimum Gasteiger partial charge on any atom is -0.370 e. The fraction of sp³-hybridized carbons (Fsp3) is 0.143. The highest BCUT2D eigenvalue weighted by Gasteiger charge is 1.85. The molecule has 2 nitrogen and oxygen atoms in total. The molecule has 10 heavy (non-hydrogen) atoms. The highest BCUT2D eigenvalue weighted by atomic mass is 32.1. The number of rotatable bonds is 3. The Labute approximate surface area is 65.3 Å². The van der Waals surface area contributed by atoms with Crippen LogP contribution in [0.1, 0.15) is 5.56 Å². The minimum atomic E-state index is 0.728. The maximum atomic E-state index is 4.47. The van der Waals surface area contributed by atoms with Crippen LogP contribution in [-0.4, -0.2) is 10.5 Å². The molecule has 0 aliphatic carbocycles. The van der Waals surface area contributed by atoms with Crippen molar-refractivity contribution in [2.45, 2.75) is 6.54 Å². The van der Waals surface area contributed by atoms with Gasteiger partial charge in [-0.1, -0.05) is 12.2 Å². The molecule has 0 aliphatic rings. The van der Waals surface area contributed by atoms with Gasteiger partial charge in [0.15, 0.2) is 0 Å². The van der Waals surface area contributed by atoms with Gasteiger partial charge in [-0.3, -0.25) is 4.98 Å². The molecule has 1 aromatic rings. The monoisotopic (exact) mass is 151 g/mol. The van der Waals surface area contributed by atoms with Crippen LogP contribution in [0.3, 0.4) is 0 Å². The first kappa shape index (κ1) is 7.15. The number of hydrogen-bond donors (Lipinski definition) is 1. The summed E-state index contributed by atoms with van der Waals surface area (Å²) in [5.74, 6) is 0. The van der Waals surface area contributed by atoms with Gasteiger partial charge in [0.05, 0.1) is 0 Å². The van der Waals surface area contributed by atoms with Crippen LogP contribution in [0.15, 0.2) is 24.5 Å². The van der Waals surface area contributed by atoms with E-state index in [2.05, 4.69) is 28.0 Å². The van der Waals surface area contributed by atoms with Gasteiger partial charge in [-0.2, -0.15) is 0 Å². The molecule has 0 saturated heterocycles. The molecule has 3 heteroatoms. The van der Waals surface area contributed by atoms with Gasteiger partial charge >= 0.3 is 0 Å². The van der Waals surface area contributed by atoms with Crippen molar-refractivity contribution in [3.63, 3.8) is 0 Å². The van der Waals surface area contributed by atoms with Gasteiger partial charge in [-0.25, -0.2) is 0 Å². The van der Waals surface area contributed by atoms with Crippen molar-refractivity contribution < 1.29 is 0 Å². The van der Waals surface area contributed by atoms with E-state index < -0.39 is 0 Å². The highest BCUT2D eigenvalue weighted by molar-refractivity contribution is 7.78. The minimum absolute atomic E-state index is 0.728. The Hall–Kier alpha value is -0.960. The first-order valence-electron chi connectivity index (χ1n) is 2.92. The third-order valence-electron chi connectivity index (χ3n) is 1.11. The fourth-order valence-corrected chi connectivity index (χ4v) is 0.711. The maximum Gasteiger partial charge on any atom is 0.134 e. The first-order valence-corrected chi connectivity index (χ1v) is 3.33. The number of nitrogens with one attached hydrogen (secondary N) is 1. The summed E-state index contributed by atoms with van der Waals surface area (Å²) >= 11 is 4.47. The zero-order valence-electron chi connectivity index (χ0n) is 5.37. The SMILES string of the molecule is S=[C]NCc1ccncc1. The molecule has 1 rings (SSSR count). The molecule has 1 aromatic heterocycles. The molecule has 0 bridgehead atoms. The molecule has 1 N–H and O–H groups in total. The van der Waals surface area contributed by atoms with Crippen LogP contribution < -0.4 is 5.32 Å². The van der Waals surface area contributed by atoms with Gasteiger partial charge in [0.2, 0.25) is 0 Å². The van der Waals surface area contributed by atoms with Gasteiger partial charge in [0.1, 0.15) is 5.49 Å². The van der Waals surface area contributed by atoms with E-state index in [1.165, 1.54) is 0 Å². The number of aromatic nitrogens is 1. The standard InChI is InChI=1S/C7H7N2S/c10-6-9-5-7-1-3-8-4-2-7/h1-4H,5H2,(H,9,10). The smallest absolute Gasteiger partial charge is 0.134 e. The molecule has 0 saturated carbocycles. The van der Waals surface area contributed by atoms with Crippen molar-refractivity contribution in [3.8, 4) is 0 Å². The molecular formula is C7H7N2S. The summed E-state index contributed by atoms with van der Waals surface area (Å²) in [6, 6.07) is 3.86. The predicted molar refractivity (Wildman–Crippen MR) is 43.7 cm³/mol. The van der Waals surface area contributed by atoms with Gasteiger partial charge in [0, 0.05) is 18.9 Å². The molecule has 0 unspecified atom stereocenters. The van der Waals surface area contributed by atoms with Crippen LogP contribution in [0.25, 0.3) is 0 Å². The third kappa shape index (κ3) is 2.11. The van der Waals surface area contributed by atoms with E-state index in [0.717, 1.165) is 12.1 Å². The molecule has 0 fully saturated rings. The lowest BCUT2D eigenvalue weighted by atomic mass is 10.3. The Balaban J connectivity index is 2.50. The van der Waals surface area contributed by atoms with Crippen LogP contribution in [0.2, 0.25) is 0 Å². The maximum absolute atomic E-state index is 4.47. The van der Waals surface area contributed by atoms with Gasteiger partial charge in [-0.05, 0) is 17.7 Å². The highest BCUT2D eigenvalue weighted by Crippen LogP contribution is 1.93. The Morgan fingerprint density at radius 2 is 2.20 bits per heavy atom. The van der Waals surface area contributed by atoms with E-state index in [9.17, 15) is 0 Å². The molecule has 0 aliphatic heterocycles. The largest absolute Gasteiger partial charge is 0.370 e.